The Morgan fingerprint density at radius 1 is 1.11 bits per heavy atom. The largest absolute Gasteiger partial charge is 0.309 e. The SMILES string of the molecule is Cc1ccc(-c2nccc(CNC(C)C)n2)cc1. The Bertz CT molecular complexity index is 503. The van der Waals surface area contributed by atoms with Crippen LogP contribution in [0.2, 0.25) is 0 Å². The van der Waals surface area contributed by atoms with Gasteiger partial charge in [-0.3, -0.25) is 0 Å². The summed E-state index contributed by atoms with van der Waals surface area (Å²) in [6.45, 7) is 7.11. The molecule has 0 fully saturated rings. The molecule has 0 atom stereocenters. The Labute approximate surface area is 108 Å². The highest BCUT2D eigenvalue weighted by molar-refractivity contribution is 5.55. The van der Waals surface area contributed by atoms with Crippen molar-refractivity contribution < 1.29 is 0 Å². The minimum atomic E-state index is 0.461. The lowest BCUT2D eigenvalue weighted by Crippen LogP contribution is -2.22. The maximum absolute atomic E-state index is 4.57. The second-order valence-electron chi connectivity index (χ2n) is 4.77. The predicted molar refractivity (Wildman–Crippen MR) is 74.2 cm³/mol. The van der Waals surface area contributed by atoms with Crippen molar-refractivity contribution in [3.63, 3.8) is 0 Å². The van der Waals surface area contributed by atoms with Gasteiger partial charge in [0.1, 0.15) is 0 Å². The molecule has 94 valence electrons. The molecule has 1 aromatic heterocycles. The summed E-state index contributed by atoms with van der Waals surface area (Å²) in [6.07, 6.45) is 1.82. The van der Waals surface area contributed by atoms with Crippen molar-refractivity contribution in [3.8, 4) is 11.4 Å². The lowest BCUT2D eigenvalue weighted by atomic mass is 10.1. The summed E-state index contributed by atoms with van der Waals surface area (Å²) in [7, 11) is 0. The Hall–Kier alpha value is -1.74. The number of aryl methyl sites for hydroxylation is 1. The van der Waals surface area contributed by atoms with Crippen molar-refractivity contribution in [1.29, 1.82) is 0 Å². The molecular weight excluding hydrogens is 222 g/mol. The highest BCUT2D eigenvalue weighted by atomic mass is 14.9. The van der Waals surface area contributed by atoms with E-state index >= 15 is 0 Å². The van der Waals surface area contributed by atoms with Gasteiger partial charge in [0, 0.05) is 24.3 Å². The van der Waals surface area contributed by atoms with Gasteiger partial charge in [0.15, 0.2) is 5.82 Å². The summed E-state index contributed by atoms with van der Waals surface area (Å²) < 4.78 is 0. The Morgan fingerprint density at radius 3 is 2.50 bits per heavy atom. The van der Waals surface area contributed by atoms with E-state index in [0.29, 0.717) is 6.04 Å². The highest BCUT2D eigenvalue weighted by Crippen LogP contribution is 2.15. The third-order valence-corrected chi connectivity index (χ3v) is 2.71. The van der Waals surface area contributed by atoms with E-state index < -0.39 is 0 Å². The normalized spacial score (nSPS) is 10.9. The van der Waals surface area contributed by atoms with Crippen molar-refractivity contribution in [2.45, 2.75) is 33.4 Å². The number of hydrogen-bond acceptors (Lipinski definition) is 3. The minimum Gasteiger partial charge on any atom is -0.309 e. The molecule has 3 nitrogen and oxygen atoms in total. The number of aromatic nitrogens is 2. The zero-order valence-corrected chi connectivity index (χ0v) is 11.1. The van der Waals surface area contributed by atoms with Crippen LogP contribution in [0.25, 0.3) is 11.4 Å². The Morgan fingerprint density at radius 2 is 1.83 bits per heavy atom. The third-order valence-electron chi connectivity index (χ3n) is 2.71. The fourth-order valence-electron chi connectivity index (χ4n) is 1.64. The maximum Gasteiger partial charge on any atom is 0.159 e. The van der Waals surface area contributed by atoms with Gasteiger partial charge in [0.25, 0.3) is 0 Å². The third kappa shape index (κ3) is 3.37. The van der Waals surface area contributed by atoms with Gasteiger partial charge in [-0.1, -0.05) is 43.7 Å². The van der Waals surface area contributed by atoms with Gasteiger partial charge in [0.05, 0.1) is 5.69 Å². The molecule has 0 saturated carbocycles. The molecule has 0 aliphatic heterocycles. The molecule has 1 heterocycles. The van der Waals surface area contributed by atoms with E-state index in [1.165, 1.54) is 5.56 Å². The Kier molecular flexibility index (Phi) is 4.05. The molecule has 18 heavy (non-hydrogen) atoms. The summed E-state index contributed by atoms with van der Waals surface area (Å²) in [5, 5.41) is 3.36. The van der Waals surface area contributed by atoms with E-state index in [9.17, 15) is 0 Å². The van der Waals surface area contributed by atoms with Crippen LogP contribution in [0, 0.1) is 6.92 Å². The summed E-state index contributed by atoms with van der Waals surface area (Å²) in [4.78, 5) is 8.90. The first-order valence-electron chi connectivity index (χ1n) is 6.27. The van der Waals surface area contributed by atoms with Gasteiger partial charge in [-0.05, 0) is 13.0 Å². The van der Waals surface area contributed by atoms with Crippen LogP contribution in [-0.2, 0) is 6.54 Å². The van der Waals surface area contributed by atoms with Crippen molar-refractivity contribution in [3.05, 3.63) is 47.8 Å². The molecule has 1 N–H and O–H groups in total. The van der Waals surface area contributed by atoms with E-state index in [4.69, 9.17) is 0 Å². The molecule has 0 saturated heterocycles. The Balaban J connectivity index is 2.18. The quantitative estimate of drug-likeness (QED) is 0.894. The van der Waals surface area contributed by atoms with Crippen molar-refractivity contribution in [1.82, 2.24) is 15.3 Å². The molecule has 3 heteroatoms. The molecule has 1 aromatic carbocycles. The van der Waals surface area contributed by atoms with Crippen molar-refractivity contribution in [2.75, 3.05) is 0 Å². The number of benzene rings is 1. The van der Waals surface area contributed by atoms with Crippen molar-refractivity contribution in [2.24, 2.45) is 0 Å². The van der Waals surface area contributed by atoms with Crippen LogP contribution in [0.1, 0.15) is 25.1 Å². The monoisotopic (exact) mass is 241 g/mol. The summed E-state index contributed by atoms with van der Waals surface area (Å²) in [6, 6.07) is 10.7. The number of hydrogen-bond donors (Lipinski definition) is 1. The number of nitrogens with zero attached hydrogens (tertiary/aromatic N) is 2. The van der Waals surface area contributed by atoms with E-state index in [0.717, 1.165) is 23.6 Å². The molecular formula is C15H19N3. The van der Waals surface area contributed by atoms with E-state index in [1.807, 2.05) is 12.3 Å². The van der Waals surface area contributed by atoms with Gasteiger partial charge in [-0.25, -0.2) is 9.97 Å². The zero-order valence-electron chi connectivity index (χ0n) is 11.1. The molecule has 0 amide bonds. The fourth-order valence-corrected chi connectivity index (χ4v) is 1.64. The highest BCUT2D eigenvalue weighted by Gasteiger charge is 2.03. The molecule has 0 bridgehead atoms. The second kappa shape index (κ2) is 5.74. The molecule has 0 aliphatic rings. The topological polar surface area (TPSA) is 37.8 Å². The van der Waals surface area contributed by atoms with Gasteiger partial charge >= 0.3 is 0 Å². The minimum absolute atomic E-state index is 0.461. The van der Waals surface area contributed by atoms with E-state index in [-0.39, 0.29) is 0 Å². The van der Waals surface area contributed by atoms with E-state index in [2.05, 4.69) is 60.3 Å². The lowest BCUT2D eigenvalue weighted by Gasteiger charge is -2.08. The van der Waals surface area contributed by atoms with Crippen LogP contribution in [0.3, 0.4) is 0 Å². The van der Waals surface area contributed by atoms with Crippen LogP contribution in [0.4, 0.5) is 0 Å². The first kappa shape index (κ1) is 12.7. The average molecular weight is 241 g/mol. The summed E-state index contributed by atoms with van der Waals surface area (Å²) in [5.41, 5.74) is 3.33. The molecule has 0 unspecified atom stereocenters. The first-order chi connectivity index (χ1) is 8.65. The van der Waals surface area contributed by atoms with Crippen molar-refractivity contribution >= 4 is 0 Å². The maximum atomic E-state index is 4.57. The van der Waals surface area contributed by atoms with E-state index in [1.54, 1.807) is 0 Å². The fraction of sp³-hybridized carbons (Fsp3) is 0.333. The molecule has 0 spiro atoms. The van der Waals surface area contributed by atoms with Gasteiger partial charge in [-0.15, -0.1) is 0 Å². The van der Waals surface area contributed by atoms with Crippen LogP contribution in [0.5, 0.6) is 0 Å². The first-order valence-corrected chi connectivity index (χ1v) is 6.27. The average Bonchev–Trinajstić information content (AvgIpc) is 2.37. The van der Waals surface area contributed by atoms with Crippen LogP contribution in [-0.4, -0.2) is 16.0 Å². The van der Waals surface area contributed by atoms with Gasteiger partial charge < -0.3 is 5.32 Å². The van der Waals surface area contributed by atoms with Crippen LogP contribution >= 0.6 is 0 Å². The van der Waals surface area contributed by atoms with Crippen LogP contribution < -0.4 is 5.32 Å². The smallest absolute Gasteiger partial charge is 0.159 e. The van der Waals surface area contributed by atoms with Crippen LogP contribution in [0.15, 0.2) is 36.5 Å². The number of nitrogens with one attached hydrogen (secondary N) is 1. The zero-order chi connectivity index (χ0) is 13.0. The van der Waals surface area contributed by atoms with Gasteiger partial charge in [0.2, 0.25) is 0 Å². The second-order valence-corrected chi connectivity index (χ2v) is 4.77. The standard InChI is InChI=1S/C15H19N3/c1-11(2)17-10-14-8-9-16-15(18-14)13-6-4-12(3)5-7-13/h4-9,11,17H,10H2,1-3H3. The lowest BCUT2D eigenvalue weighted by molar-refractivity contribution is 0.581. The molecule has 2 rings (SSSR count). The molecule has 2 aromatic rings. The summed E-state index contributed by atoms with van der Waals surface area (Å²) >= 11 is 0. The summed E-state index contributed by atoms with van der Waals surface area (Å²) in [5.74, 6) is 0.790. The molecule has 0 aliphatic carbocycles. The number of rotatable bonds is 4. The predicted octanol–water partition coefficient (Wildman–Crippen LogP) is 2.95. The van der Waals surface area contributed by atoms with Gasteiger partial charge in [-0.2, -0.15) is 0 Å². The molecule has 0 radical (unpaired) electrons.